The third-order valence-corrected chi connectivity index (χ3v) is 8.42. The molecule has 2 atom stereocenters. The van der Waals surface area contributed by atoms with E-state index in [9.17, 15) is 18.7 Å². The van der Waals surface area contributed by atoms with Gasteiger partial charge in [0.2, 0.25) is 5.91 Å². The Morgan fingerprint density at radius 1 is 1.14 bits per heavy atom. The van der Waals surface area contributed by atoms with Gasteiger partial charge >= 0.3 is 0 Å². The summed E-state index contributed by atoms with van der Waals surface area (Å²) in [6.07, 6.45) is 5.36. The molecule has 0 saturated heterocycles. The number of rotatable bonds is 9. The molecule has 1 aliphatic rings. The highest BCUT2D eigenvalue weighted by Crippen LogP contribution is 2.41. The minimum Gasteiger partial charge on any atom is -0.390 e. The predicted molar refractivity (Wildman–Crippen MR) is 144 cm³/mol. The molecule has 3 rings (SSSR count). The summed E-state index contributed by atoms with van der Waals surface area (Å²) in [7, 11) is 0. The standard InChI is InChI=1S/C29H40F2N2O2S/c1-19(34)33-26(15-20-13-23(30)17-24(31)14-20)27(35)18-32-29(11-9-25(36-5)10-12-29)22-8-6-7-21(16-22)28(2,3)4/h6-8,13-14,16-17,25-27,32,35H,9-12,15,18H2,1-5H3,(H,33,34). The van der Waals surface area contributed by atoms with Crippen molar-refractivity contribution >= 4 is 17.7 Å². The van der Waals surface area contributed by atoms with E-state index in [2.05, 4.69) is 61.9 Å². The van der Waals surface area contributed by atoms with Gasteiger partial charge in [-0.3, -0.25) is 4.79 Å². The first-order chi connectivity index (χ1) is 16.9. The topological polar surface area (TPSA) is 61.4 Å². The van der Waals surface area contributed by atoms with E-state index >= 15 is 0 Å². The van der Waals surface area contributed by atoms with E-state index in [-0.39, 0.29) is 29.8 Å². The predicted octanol–water partition coefficient (Wildman–Crippen LogP) is 5.46. The number of hydrogen-bond donors (Lipinski definition) is 3. The first kappa shape index (κ1) is 28.6. The molecule has 2 unspecified atom stereocenters. The van der Waals surface area contributed by atoms with Crippen molar-refractivity contribution in [3.63, 3.8) is 0 Å². The lowest BCUT2D eigenvalue weighted by atomic mass is 9.74. The highest BCUT2D eigenvalue weighted by molar-refractivity contribution is 7.99. The second-order valence-electron chi connectivity index (χ2n) is 11.1. The number of nitrogens with one attached hydrogen (secondary N) is 2. The molecule has 4 nitrogen and oxygen atoms in total. The van der Waals surface area contributed by atoms with Gasteiger partial charge in [0.05, 0.1) is 12.1 Å². The Bertz CT molecular complexity index is 1010. The zero-order valence-corrected chi connectivity index (χ0v) is 22.9. The van der Waals surface area contributed by atoms with Gasteiger partial charge in [-0.25, -0.2) is 8.78 Å². The van der Waals surface area contributed by atoms with Crippen molar-refractivity contribution in [2.24, 2.45) is 0 Å². The number of thioether (sulfide) groups is 1. The Balaban J connectivity index is 1.83. The van der Waals surface area contributed by atoms with Crippen molar-refractivity contribution in [3.8, 4) is 0 Å². The molecule has 0 radical (unpaired) electrons. The first-order valence-electron chi connectivity index (χ1n) is 12.7. The summed E-state index contributed by atoms with van der Waals surface area (Å²) < 4.78 is 27.5. The fourth-order valence-electron chi connectivity index (χ4n) is 5.14. The Labute approximate surface area is 218 Å². The van der Waals surface area contributed by atoms with E-state index in [4.69, 9.17) is 0 Å². The Hall–Kier alpha value is -1.96. The monoisotopic (exact) mass is 518 g/mol. The van der Waals surface area contributed by atoms with Crippen LogP contribution >= 0.6 is 11.8 Å². The molecule has 3 N–H and O–H groups in total. The van der Waals surface area contributed by atoms with E-state index < -0.39 is 23.8 Å². The zero-order valence-electron chi connectivity index (χ0n) is 22.0. The van der Waals surface area contributed by atoms with E-state index in [0.29, 0.717) is 10.8 Å². The van der Waals surface area contributed by atoms with Gasteiger partial charge in [0.25, 0.3) is 0 Å². The van der Waals surface area contributed by atoms with Crippen LogP contribution in [0.1, 0.15) is 70.1 Å². The molecule has 0 heterocycles. The van der Waals surface area contributed by atoms with E-state index in [1.807, 2.05) is 11.8 Å². The number of hydrogen-bond acceptors (Lipinski definition) is 4. The molecule has 0 bridgehead atoms. The van der Waals surface area contributed by atoms with Crippen LogP contribution in [0.25, 0.3) is 0 Å². The van der Waals surface area contributed by atoms with Crippen molar-refractivity contribution in [3.05, 3.63) is 70.8 Å². The summed E-state index contributed by atoms with van der Waals surface area (Å²) in [5.74, 6) is -1.66. The average Bonchev–Trinajstić information content (AvgIpc) is 2.81. The van der Waals surface area contributed by atoms with Crippen LogP contribution < -0.4 is 10.6 Å². The molecule has 7 heteroatoms. The van der Waals surface area contributed by atoms with E-state index in [1.165, 1.54) is 30.2 Å². The summed E-state index contributed by atoms with van der Waals surface area (Å²) in [6.45, 7) is 8.23. The second-order valence-corrected chi connectivity index (χ2v) is 12.2. The van der Waals surface area contributed by atoms with Crippen molar-refractivity contribution < 1.29 is 18.7 Å². The molecular formula is C29H40F2N2O2S. The third kappa shape index (κ3) is 7.53. The van der Waals surface area contributed by atoms with Crippen LogP contribution in [0.3, 0.4) is 0 Å². The van der Waals surface area contributed by atoms with Gasteiger partial charge in [-0.1, -0.05) is 45.0 Å². The summed E-state index contributed by atoms with van der Waals surface area (Å²) in [6, 6.07) is 11.3. The van der Waals surface area contributed by atoms with Crippen molar-refractivity contribution in [2.75, 3.05) is 12.8 Å². The quantitative estimate of drug-likeness (QED) is 0.413. The molecule has 0 spiro atoms. The second kappa shape index (κ2) is 12.1. The molecule has 2 aromatic rings. The Kier molecular flexibility index (Phi) is 9.58. The number of benzene rings is 2. The summed E-state index contributed by atoms with van der Waals surface area (Å²) in [5, 5.41) is 18.2. The number of carbonyl (C=O) groups is 1. The van der Waals surface area contributed by atoms with E-state index in [0.717, 1.165) is 31.7 Å². The first-order valence-corrected chi connectivity index (χ1v) is 14.0. The Morgan fingerprint density at radius 3 is 2.33 bits per heavy atom. The lowest BCUT2D eigenvalue weighted by Crippen LogP contribution is -2.53. The molecule has 0 aliphatic heterocycles. The molecule has 2 aromatic carbocycles. The molecular weight excluding hydrogens is 478 g/mol. The highest BCUT2D eigenvalue weighted by atomic mass is 32.2. The Morgan fingerprint density at radius 2 is 1.78 bits per heavy atom. The van der Waals surface area contributed by atoms with Crippen LogP contribution in [-0.2, 0) is 22.2 Å². The van der Waals surface area contributed by atoms with Crippen molar-refractivity contribution in [2.45, 2.75) is 88.1 Å². The van der Waals surface area contributed by atoms with Crippen LogP contribution in [-0.4, -0.2) is 41.2 Å². The fourth-order valence-corrected chi connectivity index (χ4v) is 5.85. The lowest BCUT2D eigenvalue weighted by molar-refractivity contribution is -0.120. The number of carbonyl (C=O) groups excluding carboxylic acids is 1. The minimum atomic E-state index is -0.943. The van der Waals surface area contributed by atoms with Crippen LogP contribution in [0.2, 0.25) is 0 Å². The SMILES string of the molecule is CSC1CCC(NCC(O)C(Cc2cc(F)cc(F)c2)NC(C)=O)(c2cccc(C(C)(C)C)c2)CC1. The number of aliphatic hydroxyl groups excluding tert-OH is 1. The molecule has 1 amide bonds. The van der Waals surface area contributed by atoms with Gasteiger partial charge in [-0.2, -0.15) is 11.8 Å². The number of aliphatic hydroxyl groups is 1. The zero-order chi connectivity index (χ0) is 26.5. The maximum Gasteiger partial charge on any atom is 0.217 e. The fraction of sp³-hybridized carbons (Fsp3) is 0.552. The number of amides is 1. The maximum atomic E-state index is 13.7. The highest BCUT2D eigenvalue weighted by Gasteiger charge is 2.38. The lowest BCUT2D eigenvalue weighted by Gasteiger charge is -2.43. The van der Waals surface area contributed by atoms with Crippen LogP contribution in [0.5, 0.6) is 0 Å². The minimum absolute atomic E-state index is 0.0178. The molecule has 1 saturated carbocycles. The van der Waals surface area contributed by atoms with Gasteiger partial charge in [-0.05, 0) is 72.6 Å². The molecule has 36 heavy (non-hydrogen) atoms. The van der Waals surface area contributed by atoms with Crippen LogP contribution in [0.15, 0.2) is 42.5 Å². The average molecular weight is 519 g/mol. The van der Waals surface area contributed by atoms with Gasteiger partial charge in [0.1, 0.15) is 11.6 Å². The van der Waals surface area contributed by atoms with Gasteiger partial charge in [-0.15, -0.1) is 0 Å². The molecule has 1 aliphatic carbocycles. The summed E-state index contributed by atoms with van der Waals surface area (Å²) in [4.78, 5) is 11.9. The summed E-state index contributed by atoms with van der Waals surface area (Å²) in [5.41, 5.74) is 2.59. The van der Waals surface area contributed by atoms with Gasteiger partial charge < -0.3 is 15.7 Å². The largest absolute Gasteiger partial charge is 0.390 e. The molecule has 1 fully saturated rings. The normalized spacial score (nSPS) is 22.2. The van der Waals surface area contributed by atoms with Crippen LogP contribution in [0, 0.1) is 11.6 Å². The van der Waals surface area contributed by atoms with Gasteiger partial charge in [0, 0.05) is 30.3 Å². The maximum absolute atomic E-state index is 13.7. The molecule has 198 valence electrons. The van der Waals surface area contributed by atoms with Crippen molar-refractivity contribution in [1.82, 2.24) is 10.6 Å². The van der Waals surface area contributed by atoms with Gasteiger partial charge in [0.15, 0.2) is 0 Å². The summed E-state index contributed by atoms with van der Waals surface area (Å²) >= 11 is 1.90. The van der Waals surface area contributed by atoms with E-state index in [1.54, 1.807) is 0 Å². The molecule has 0 aromatic heterocycles. The van der Waals surface area contributed by atoms with Crippen molar-refractivity contribution in [1.29, 1.82) is 0 Å². The van der Waals surface area contributed by atoms with Crippen LogP contribution in [0.4, 0.5) is 8.78 Å². The third-order valence-electron chi connectivity index (χ3n) is 7.28. The number of halogens is 2. The smallest absolute Gasteiger partial charge is 0.217 e.